The topological polar surface area (TPSA) is 177 Å². The Balaban J connectivity index is 1.61. The van der Waals surface area contributed by atoms with E-state index in [1.54, 1.807) is 19.9 Å². The number of carbonyl (C=O) groups is 4. The van der Waals surface area contributed by atoms with Gasteiger partial charge in [0.25, 0.3) is 11.6 Å². The first-order valence-electron chi connectivity index (χ1n) is 12.6. The van der Waals surface area contributed by atoms with E-state index >= 15 is 0 Å². The number of methoxy groups -OCH3 is 1. The molecule has 0 atom stereocenters. The van der Waals surface area contributed by atoms with Gasteiger partial charge in [0.1, 0.15) is 17.2 Å². The van der Waals surface area contributed by atoms with Crippen LogP contribution in [-0.4, -0.2) is 54.0 Å². The van der Waals surface area contributed by atoms with Gasteiger partial charge in [-0.3, -0.25) is 19.8 Å². The zero-order chi connectivity index (χ0) is 30.4. The Kier molecular flexibility index (Phi) is 8.85. The summed E-state index contributed by atoms with van der Waals surface area (Å²) in [6, 6.07) is 9.84. The first-order chi connectivity index (χ1) is 20.1. The zero-order valence-electron chi connectivity index (χ0n) is 22.7. The highest BCUT2D eigenvalue weighted by Crippen LogP contribution is 2.31. The lowest BCUT2D eigenvalue weighted by Gasteiger charge is -2.13. The molecule has 0 bridgehead atoms. The summed E-state index contributed by atoms with van der Waals surface area (Å²) in [6.07, 6.45) is 1.15. The molecule has 3 amide bonds. The van der Waals surface area contributed by atoms with Crippen molar-refractivity contribution >= 4 is 35.6 Å². The van der Waals surface area contributed by atoms with E-state index in [-0.39, 0.29) is 46.3 Å². The number of urea groups is 1. The molecule has 2 aromatic carbocycles. The van der Waals surface area contributed by atoms with Crippen molar-refractivity contribution in [2.24, 2.45) is 0 Å². The highest BCUT2D eigenvalue weighted by Gasteiger charge is 2.35. The highest BCUT2D eigenvalue weighted by molar-refractivity contribution is 6.14. The fourth-order valence-corrected chi connectivity index (χ4v) is 3.89. The smallest absolute Gasteiger partial charge is 0.373 e. The largest absolute Gasteiger partial charge is 0.490 e. The van der Waals surface area contributed by atoms with Crippen molar-refractivity contribution in [2.75, 3.05) is 20.3 Å². The van der Waals surface area contributed by atoms with Gasteiger partial charge in [-0.1, -0.05) is 0 Å². The second-order valence-corrected chi connectivity index (χ2v) is 8.53. The molecular formula is C28H25N3O11. The molecular weight excluding hydrogens is 554 g/mol. The summed E-state index contributed by atoms with van der Waals surface area (Å²) in [4.78, 5) is 61.9. The van der Waals surface area contributed by atoms with E-state index in [9.17, 15) is 29.3 Å². The third kappa shape index (κ3) is 6.38. The molecule has 14 heteroatoms. The number of nitrogens with zero attached hydrogens (tertiary/aromatic N) is 2. The van der Waals surface area contributed by atoms with Crippen LogP contribution in [-0.2, 0) is 16.1 Å². The van der Waals surface area contributed by atoms with Gasteiger partial charge in [-0.15, -0.1) is 0 Å². The first-order valence-corrected chi connectivity index (χ1v) is 12.6. The number of rotatable bonds is 11. The Hall–Kier alpha value is -5.66. The van der Waals surface area contributed by atoms with Crippen molar-refractivity contribution in [3.63, 3.8) is 0 Å². The van der Waals surface area contributed by atoms with Crippen LogP contribution < -0.4 is 19.5 Å². The van der Waals surface area contributed by atoms with Gasteiger partial charge in [-0.25, -0.2) is 14.4 Å². The normalized spacial score (nSPS) is 13.6. The molecule has 0 spiro atoms. The number of carbonyl (C=O) groups excluding carboxylic acids is 4. The number of nitro benzene ring substituents is 1. The van der Waals surface area contributed by atoms with Gasteiger partial charge in [0, 0.05) is 17.7 Å². The number of furan rings is 1. The van der Waals surface area contributed by atoms with Crippen molar-refractivity contribution in [3.05, 3.63) is 87.0 Å². The molecule has 0 aliphatic carbocycles. The number of amides is 3. The zero-order valence-corrected chi connectivity index (χ0v) is 22.7. The summed E-state index contributed by atoms with van der Waals surface area (Å²) in [7, 11) is 1.18. The molecule has 4 rings (SSSR count). The maximum atomic E-state index is 13.1. The average Bonchev–Trinajstić information content (AvgIpc) is 3.54. The number of esters is 2. The predicted molar refractivity (Wildman–Crippen MR) is 144 cm³/mol. The minimum Gasteiger partial charge on any atom is -0.490 e. The monoisotopic (exact) mass is 579 g/mol. The van der Waals surface area contributed by atoms with Crippen LogP contribution in [0.3, 0.4) is 0 Å². The number of nitrogens with one attached hydrogen (secondary N) is 1. The number of non-ortho nitro benzene ring substituents is 1. The fraction of sp³-hybridized carbons (Fsp3) is 0.214. The lowest BCUT2D eigenvalue weighted by molar-refractivity contribution is -0.384. The standard InChI is InChI=1S/C28H25N3O11/c1-4-39-22-9-6-16(14-24(22)40-5-2)26(33)42-21-10-7-18(31(36)37)12-17(21)13-20-25(32)30(28(35)29-20)15-19-8-11-23(41-19)27(34)38-3/h6-14H,4-5,15H2,1-3H3,(H,29,35)/b20-13-. The molecule has 1 aliphatic heterocycles. The van der Waals surface area contributed by atoms with Crippen molar-refractivity contribution in [3.8, 4) is 17.2 Å². The number of hydrogen-bond donors (Lipinski definition) is 1. The first kappa shape index (κ1) is 29.3. The third-order valence-corrected chi connectivity index (χ3v) is 5.81. The maximum Gasteiger partial charge on any atom is 0.373 e. The predicted octanol–water partition coefficient (Wildman–Crippen LogP) is 4.08. The summed E-state index contributed by atoms with van der Waals surface area (Å²) in [5.74, 6) is -1.65. The summed E-state index contributed by atoms with van der Waals surface area (Å²) >= 11 is 0. The van der Waals surface area contributed by atoms with Crippen molar-refractivity contribution in [1.82, 2.24) is 10.2 Å². The summed E-state index contributed by atoms with van der Waals surface area (Å²) < 4.78 is 26.5. The molecule has 1 saturated heterocycles. The number of benzene rings is 2. The van der Waals surface area contributed by atoms with Gasteiger partial charge in [-0.05, 0) is 56.3 Å². The van der Waals surface area contributed by atoms with Crippen LogP contribution >= 0.6 is 0 Å². The second kappa shape index (κ2) is 12.7. The third-order valence-electron chi connectivity index (χ3n) is 5.81. The molecule has 0 radical (unpaired) electrons. The van der Waals surface area contributed by atoms with Crippen LogP contribution in [0.4, 0.5) is 10.5 Å². The van der Waals surface area contributed by atoms with Crippen LogP contribution in [0, 0.1) is 10.1 Å². The van der Waals surface area contributed by atoms with Gasteiger partial charge >= 0.3 is 18.0 Å². The van der Waals surface area contributed by atoms with Crippen LogP contribution in [0.15, 0.2) is 58.6 Å². The number of hydrogen-bond acceptors (Lipinski definition) is 11. The number of ether oxygens (including phenoxy) is 4. The van der Waals surface area contributed by atoms with Crippen LogP contribution in [0.2, 0.25) is 0 Å². The van der Waals surface area contributed by atoms with E-state index in [1.807, 2.05) is 0 Å². The Morgan fingerprint density at radius 1 is 0.976 bits per heavy atom. The van der Waals surface area contributed by atoms with Gasteiger partial charge in [-0.2, -0.15) is 0 Å². The Morgan fingerprint density at radius 2 is 1.69 bits per heavy atom. The van der Waals surface area contributed by atoms with E-state index < -0.39 is 28.8 Å². The Bertz CT molecular complexity index is 1590. The molecule has 2 heterocycles. The van der Waals surface area contributed by atoms with E-state index in [2.05, 4.69) is 10.1 Å². The Morgan fingerprint density at radius 3 is 2.38 bits per heavy atom. The Labute approximate surface area is 238 Å². The summed E-state index contributed by atoms with van der Waals surface area (Å²) in [5, 5.41) is 13.8. The number of imide groups is 1. The van der Waals surface area contributed by atoms with Gasteiger partial charge < -0.3 is 28.7 Å². The van der Waals surface area contributed by atoms with E-state index in [4.69, 9.17) is 18.6 Å². The lowest BCUT2D eigenvalue weighted by Crippen LogP contribution is -2.30. The van der Waals surface area contributed by atoms with E-state index in [0.29, 0.717) is 24.7 Å². The SMILES string of the molecule is CCOc1ccc(C(=O)Oc2ccc([N+](=O)[O-])cc2/C=C2\NC(=O)N(Cc3ccc(C(=O)OC)o3)C2=O)cc1OCC. The molecule has 218 valence electrons. The van der Waals surface area contributed by atoms with Crippen LogP contribution in [0.25, 0.3) is 6.08 Å². The molecule has 1 aromatic heterocycles. The van der Waals surface area contributed by atoms with E-state index in [1.165, 1.54) is 37.4 Å². The second-order valence-electron chi connectivity index (χ2n) is 8.53. The van der Waals surface area contributed by atoms with Gasteiger partial charge in [0.15, 0.2) is 11.5 Å². The molecule has 0 unspecified atom stereocenters. The summed E-state index contributed by atoms with van der Waals surface area (Å²) in [6.45, 7) is 3.97. The molecule has 14 nitrogen and oxygen atoms in total. The maximum absolute atomic E-state index is 13.1. The fourth-order valence-electron chi connectivity index (χ4n) is 3.89. The molecule has 1 N–H and O–H groups in total. The average molecular weight is 580 g/mol. The van der Waals surface area contributed by atoms with Gasteiger partial charge in [0.2, 0.25) is 5.76 Å². The molecule has 3 aromatic rings. The minimum absolute atomic E-state index is 0.0232. The molecule has 1 aliphatic rings. The minimum atomic E-state index is -0.810. The van der Waals surface area contributed by atoms with Gasteiger partial charge in [0.05, 0.1) is 37.4 Å². The van der Waals surface area contributed by atoms with Crippen molar-refractivity contribution in [2.45, 2.75) is 20.4 Å². The van der Waals surface area contributed by atoms with Crippen molar-refractivity contribution in [1.29, 1.82) is 0 Å². The van der Waals surface area contributed by atoms with Crippen LogP contribution in [0.5, 0.6) is 17.2 Å². The van der Waals surface area contributed by atoms with Crippen molar-refractivity contribution < 1.29 is 47.5 Å². The number of nitro groups is 1. The summed E-state index contributed by atoms with van der Waals surface area (Å²) in [5.41, 5.74) is -0.497. The lowest BCUT2D eigenvalue weighted by atomic mass is 10.1. The van der Waals surface area contributed by atoms with E-state index in [0.717, 1.165) is 23.1 Å². The molecule has 1 fully saturated rings. The molecule has 42 heavy (non-hydrogen) atoms. The van der Waals surface area contributed by atoms with Crippen LogP contribution in [0.1, 0.15) is 46.1 Å². The highest BCUT2D eigenvalue weighted by atomic mass is 16.6. The quantitative estimate of drug-likeness (QED) is 0.0864. The molecule has 0 saturated carbocycles.